The molecule has 6 nitrogen and oxygen atoms in total. The van der Waals surface area contributed by atoms with Crippen molar-refractivity contribution in [2.75, 3.05) is 11.9 Å². The molecule has 100 valence electrons. The fourth-order valence-corrected chi connectivity index (χ4v) is 2.73. The summed E-state index contributed by atoms with van der Waals surface area (Å²) in [5.41, 5.74) is -0.178. The van der Waals surface area contributed by atoms with Gasteiger partial charge in [-0.25, -0.2) is 9.97 Å². The van der Waals surface area contributed by atoms with Crippen molar-refractivity contribution >= 4 is 16.7 Å². The number of aromatic nitrogens is 3. The van der Waals surface area contributed by atoms with Gasteiger partial charge >= 0.3 is 0 Å². The van der Waals surface area contributed by atoms with Gasteiger partial charge in [-0.3, -0.25) is 4.79 Å². The molecular weight excluding hydrogens is 244 g/mol. The number of fused-ring (bicyclic) bond motifs is 1. The molecule has 1 aliphatic carbocycles. The van der Waals surface area contributed by atoms with E-state index in [0.29, 0.717) is 16.7 Å². The van der Waals surface area contributed by atoms with Gasteiger partial charge < -0.3 is 15.4 Å². The van der Waals surface area contributed by atoms with Crippen LogP contribution in [0.2, 0.25) is 0 Å². The number of anilines is 1. The molecule has 2 aromatic rings. The number of H-pyrrole nitrogens is 1. The molecule has 0 aromatic carbocycles. The van der Waals surface area contributed by atoms with Crippen LogP contribution in [-0.4, -0.2) is 32.2 Å². The largest absolute Gasteiger partial charge is 0.394 e. The lowest BCUT2D eigenvalue weighted by molar-refractivity contribution is 0.214. The average molecular weight is 260 g/mol. The Morgan fingerprint density at radius 3 is 2.89 bits per heavy atom. The predicted octanol–water partition coefficient (Wildman–Crippen LogP) is 1.04. The van der Waals surface area contributed by atoms with Gasteiger partial charge in [0.2, 0.25) is 0 Å². The maximum absolute atomic E-state index is 11.7. The molecule has 3 N–H and O–H groups in total. The van der Waals surface area contributed by atoms with Gasteiger partial charge in [0.1, 0.15) is 17.7 Å². The summed E-state index contributed by atoms with van der Waals surface area (Å²) < 4.78 is 0. The molecule has 0 atom stereocenters. The number of aliphatic hydroxyl groups excluding tert-OH is 1. The number of nitrogens with one attached hydrogen (secondary N) is 2. The molecule has 0 radical (unpaired) electrons. The van der Waals surface area contributed by atoms with Crippen LogP contribution in [-0.2, 0) is 0 Å². The van der Waals surface area contributed by atoms with Gasteiger partial charge in [0.15, 0.2) is 0 Å². The van der Waals surface area contributed by atoms with E-state index < -0.39 is 0 Å². The highest BCUT2D eigenvalue weighted by Gasteiger charge is 2.33. The smallest absolute Gasteiger partial charge is 0.274 e. The van der Waals surface area contributed by atoms with Crippen LogP contribution in [0.15, 0.2) is 23.4 Å². The minimum absolute atomic E-state index is 0.0711. The van der Waals surface area contributed by atoms with E-state index in [0.717, 1.165) is 25.7 Å². The summed E-state index contributed by atoms with van der Waals surface area (Å²) in [5, 5.41) is 13.6. The third-order valence-corrected chi connectivity index (χ3v) is 3.81. The molecule has 0 unspecified atom stereocenters. The van der Waals surface area contributed by atoms with Crippen LogP contribution < -0.4 is 10.9 Å². The Balaban J connectivity index is 2.06. The lowest BCUT2D eigenvalue weighted by atomic mass is 9.99. The molecule has 19 heavy (non-hydrogen) atoms. The quantitative estimate of drug-likeness (QED) is 0.767. The van der Waals surface area contributed by atoms with E-state index >= 15 is 0 Å². The number of nitrogens with zero attached hydrogens (tertiary/aromatic N) is 2. The third-order valence-electron chi connectivity index (χ3n) is 3.81. The van der Waals surface area contributed by atoms with E-state index in [1.165, 1.54) is 6.33 Å². The van der Waals surface area contributed by atoms with Crippen LogP contribution >= 0.6 is 0 Å². The first-order valence-electron chi connectivity index (χ1n) is 6.46. The van der Waals surface area contributed by atoms with E-state index in [-0.39, 0.29) is 17.7 Å². The van der Waals surface area contributed by atoms with Crippen molar-refractivity contribution in [2.24, 2.45) is 0 Å². The van der Waals surface area contributed by atoms with Crippen molar-refractivity contribution in [3.63, 3.8) is 0 Å². The van der Waals surface area contributed by atoms with Crippen LogP contribution in [0.5, 0.6) is 0 Å². The van der Waals surface area contributed by atoms with E-state index in [1.54, 1.807) is 12.3 Å². The number of rotatable bonds is 3. The van der Waals surface area contributed by atoms with Crippen LogP contribution in [0.3, 0.4) is 0 Å². The maximum Gasteiger partial charge on any atom is 0.274 e. The first-order chi connectivity index (χ1) is 9.24. The first-order valence-corrected chi connectivity index (χ1v) is 6.46. The molecule has 0 bridgehead atoms. The van der Waals surface area contributed by atoms with Gasteiger partial charge in [0.05, 0.1) is 12.1 Å². The molecule has 0 amide bonds. The average Bonchev–Trinajstić information content (AvgIpc) is 2.89. The van der Waals surface area contributed by atoms with E-state index in [2.05, 4.69) is 20.3 Å². The van der Waals surface area contributed by atoms with Gasteiger partial charge in [0.25, 0.3) is 5.56 Å². The van der Waals surface area contributed by atoms with Crippen molar-refractivity contribution < 1.29 is 5.11 Å². The van der Waals surface area contributed by atoms with Gasteiger partial charge in [-0.15, -0.1) is 0 Å². The van der Waals surface area contributed by atoms with Crippen molar-refractivity contribution in [1.82, 2.24) is 15.0 Å². The molecule has 0 spiro atoms. The Morgan fingerprint density at radius 2 is 2.16 bits per heavy atom. The Morgan fingerprint density at radius 1 is 1.37 bits per heavy atom. The first kappa shape index (κ1) is 12.1. The third kappa shape index (κ3) is 2.08. The minimum atomic E-state index is -0.316. The molecule has 3 rings (SSSR count). The number of aliphatic hydroxyl groups is 1. The predicted molar refractivity (Wildman–Crippen MR) is 72.1 cm³/mol. The van der Waals surface area contributed by atoms with Crippen molar-refractivity contribution in [2.45, 2.75) is 31.2 Å². The zero-order valence-corrected chi connectivity index (χ0v) is 10.5. The molecule has 2 aromatic heterocycles. The Kier molecular flexibility index (Phi) is 2.94. The van der Waals surface area contributed by atoms with Crippen LogP contribution in [0.1, 0.15) is 25.7 Å². The summed E-state index contributed by atoms with van der Waals surface area (Å²) in [4.78, 5) is 22.5. The second-order valence-corrected chi connectivity index (χ2v) is 5.06. The Hall–Kier alpha value is -1.95. The summed E-state index contributed by atoms with van der Waals surface area (Å²) in [6.45, 7) is 0.0711. The second-order valence-electron chi connectivity index (χ2n) is 5.06. The van der Waals surface area contributed by atoms with Gasteiger partial charge in [0, 0.05) is 11.6 Å². The monoisotopic (exact) mass is 260 g/mol. The second kappa shape index (κ2) is 4.62. The lowest BCUT2D eigenvalue weighted by Gasteiger charge is -2.28. The van der Waals surface area contributed by atoms with Crippen LogP contribution in [0.25, 0.3) is 10.9 Å². The minimum Gasteiger partial charge on any atom is -0.394 e. The SMILES string of the molecule is O=c1[nH]ccc2c(NC3(CO)CCCC3)ncnc12. The fourth-order valence-electron chi connectivity index (χ4n) is 2.73. The van der Waals surface area contributed by atoms with Crippen molar-refractivity contribution in [1.29, 1.82) is 0 Å². The molecule has 0 saturated heterocycles. The van der Waals surface area contributed by atoms with E-state index in [4.69, 9.17) is 0 Å². The van der Waals surface area contributed by atoms with Crippen LogP contribution in [0, 0.1) is 0 Å². The summed E-state index contributed by atoms with van der Waals surface area (Å²) >= 11 is 0. The summed E-state index contributed by atoms with van der Waals surface area (Å²) in [5.74, 6) is 0.618. The number of pyridine rings is 1. The van der Waals surface area contributed by atoms with E-state index in [9.17, 15) is 9.90 Å². The lowest BCUT2D eigenvalue weighted by Crippen LogP contribution is -2.39. The van der Waals surface area contributed by atoms with Gasteiger partial charge in [-0.1, -0.05) is 12.8 Å². The molecule has 2 heterocycles. The van der Waals surface area contributed by atoms with E-state index in [1.807, 2.05) is 0 Å². The Labute approximate surface area is 109 Å². The summed E-state index contributed by atoms with van der Waals surface area (Å²) in [7, 11) is 0. The highest BCUT2D eigenvalue weighted by atomic mass is 16.3. The molecule has 0 aliphatic heterocycles. The summed E-state index contributed by atoms with van der Waals surface area (Å²) in [6, 6.07) is 1.78. The number of hydrogen-bond donors (Lipinski definition) is 3. The van der Waals surface area contributed by atoms with Gasteiger partial charge in [-0.2, -0.15) is 0 Å². The molecule has 6 heteroatoms. The number of aromatic amines is 1. The van der Waals surface area contributed by atoms with Crippen LogP contribution in [0.4, 0.5) is 5.82 Å². The zero-order valence-electron chi connectivity index (χ0n) is 10.5. The molecule has 1 saturated carbocycles. The highest BCUT2D eigenvalue weighted by molar-refractivity contribution is 5.88. The Bertz CT molecular complexity index is 646. The molecule has 1 aliphatic rings. The summed E-state index contributed by atoms with van der Waals surface area (Å²) in [6.07, 6.45) is 6.98. The molecular formula is C13H16N4O2. The van der Waals surface area contributed by atoms with Gasteiger partial charge in [-0.05, 0) is 18.9 Å². The molecule has 1 fully saturated rings. The topological polar surface area (TPSA) is 90.9 Å². The van der Waals surface area contributed by atoms with Crippen molar-refractivity contribution in [3.05, 3.63) is 28.9 Å². The standard InChI is InChI=1S/C13H16N4O2/c18-7-13(4-1-2-5-13)17-11-9-3-6-14-12(19)10(9)15-8-16-11/h3,6,8,18H,1-2,4-5,7H2,(H,14,19)(H,15,16,17). The number of hydrogen-bond acceptors (Lipinski definition) is 5. The maximum atomic E-state index is 11.7. The highest BCUT2D eigenvalue weighted by Crippen LogP contribution is 2.33. The normalized spacial score (nSPS) is 17.7. The zero-order chi connectivity index (χ0) is 13.3. The fraction of sp³-hybridized carbons (Fsp3) is 0.462. The van der Waals surface area contributed by atoms with Crippen molar-refractivity contribution in [3.8, 4) is 0 Å².